The van der Waals surface area contributed by atoms with Crippen LogP contribution in [-0.4, -0.2) is 38.8 Å². The van der Waals surface area contributed by atoms with Gasteiger partial charge >= 0.3 is 0 Å². The molecule has 2 aromatic carbocycles. The average molecular weight is 342 g/mol. The van der Waals surface area contributed by atoms with Crippen molar-refractivity contribution in [3.8, 4) is 5.75 Å². The predicted octanol–water partition coefficient (Wildman–Crippen LogP) is 3.57. The molecule has 0 heterocycles. The second-order valence-electron chi connectivity index (χ2n) is 5.40. The summed E-state index contributed by atoms with van der Waals surface area (Å²) in [7, 11) is 0. The van der Waals surface area contributed by atoms with Crippen LogP contribution in [0, 0.1) is 0 Å². The highest BCUT2D eigenvalue weighted by molar-refractivity contribution is 5.96. The van der Waals surface area contributed by atoms with E-state index in [2.05, 4.69) is 5.32 Å². The number of carbonyl (C=O) groups is 1. The molecule has 0 aromatic heterocycles. The van der Waals surface area contributed by atoms with Crippen molar-refractivity contribution in [3.63, 3.8) is 0 Å². The Morgan fingerprint density at radius 2 is 1.84 bits per heavy atom. The number of rotatable bonds is 10. The molecule has 0 saturated carbocycles. The van der Waals surface area contributed by atoms with Crippen LogP contribution in [0.5, 0.6) is 5.75 Å². The van der Waals surface area contributed by atoms with Crippen LogP contribution in [-0.2, 0) is 9.53 Å². The van der Waals surface area contributed by atoms with Crippen LogP contribution >= 0.6 is 0 Å². The minimum absolute atomic E-state index is 0.0244. The lowest BCUT2D eigenvalue weighted by atomic mass is 10.2. The van der Waals surface area contributed by atoms with Gasteiger partial charge in [0.15, 0.2) is 0 Å². The summed E-state index contributed by atoms with van der Waals surface area (Å²) in [4.78, 5) is 14.3. The molecule has 1 amide bonds. The summed E-state index contributed by atoms with van der Waals surface area (Å²) in [5, 5.41) is 3.17. The molecule has 5 heteroatoms. The van der Waals surface area contributed by atoms with Gasteiger partial charge in [0, 0.05) is 30.6 Å². The molecule has 0 bridgehead atoms. The second kappa shape index (κ2) is 10.4. The van der Waals surface area contributed by atoms with Crippen LogP contribution in [0.15, 0.2) is 54.6 Å². The zero-order chi connectivity index (χ0) is 17.9. The molecule has 134 valence electrons. The number of hydrogen-bond donors (Lipinski definition) is 1. The monoisotopic (exact) mass is 342 g/mol. The van der Waals surface area contributed by atoms with E-state index in [0.717, 1.165) is 17.1 Å². The molecule has 0 atom stereocenters. The Morgan fingerprint density at radius 3 is 2.56 bits per heavy atom. The van der Waals surface area contributed by atoms with Gasteiger partial charge in [-0.15, -0.1) is 0 Å². The lowest BCUT2D eigenvalue weighted by molar-refractivity contribution is -0.116. The van der Waals surface area contributed by atoms with E-state index < -0.39 is 0 Å². The molecule has 0 aliphatic heterocycles. The van der Waals surface area contributed by atoms with E-state index >= 15 is 0 Å². The van der Waals surface area contributed by atoms with Gasteiger partial charge in [-0.1, -0.05) is 24.3 Å². The Balaban J connectivity index is 1.88. The number of ether oxygens (including phenoxy) is 2. The summed E-state index contributed by atoms with van der Waals surface area (Å²) in [5.74, 6) is 0.781. The zero-order valence-electron chi connectivity index (χ0n) is 14.9. The van der Waals surface area contributed by atoms with Crippen LogP contribution < -0.4 is 15.0 Å². The fourth-order valence-corrected chi connectivity index (χ4v) is 2.44. The Kier molecular flexibility index (Phi) is 7.79. The quantitative estimate of drug-likeness (QED) is 0.671. The number of anilines is 2. The molecule has 0 aliphatic rings. The fraction of sp³-hybridized carbons (Fsp3) is 0.350. The summed E-state index contributed by atoms with van der Waals surface area (Å²) < 4.78 is 10.9. The standard InChI is InChI=1S/C20H26N2O3/c1-3-22(18-10-6-5-7-11-18)20(23)16-21-17-9-8-12-19(15-17)25-14-13-24-4-2/h5-12,15,21H,3-4,13-14,16H2,1-2H3. The Bertz CT molecular complexity index is 646. The van der Waals surface area contributed by atoms with E-state index in [-0.39, 0.29) is 12.5 Å². The van der Waals surface area contributed by atoms with Gasteiger partial charge < -0.3 is 19.7 Å². The third kappa shape index (κ3) is 6.12. The van der Waals surface area contributed by atoms with E-state index in [1.807, 2.05) is 68.4 Å². The van der Waals surface area contributed by atoms with Crippen molar-refractivity contribution in [1.29, 1.82) is 0 Å². The summed E-state index contributed by atoms with van der Waals surface area (Å²) in [6.45, 7) is 6.54. The molecule has 5 nitrogen and oxygen atoms in total. The minimum atomic E-state index is 0.0244. The van der Waals surface area contributed by atoms with Gasteiger partial charge in [-0.05, 0) is 38.1 Å². The van der Waals surface area contributed by atoms with Gasteiger partial charge in [0.05, 0.1) is 13.2 Å². The first kappa shape index (κ1) is 18.8. The van der Waals surface area contributed by atoms with Crippen LogP contribution in [0.3, 0.4) is 0 Å². The van der Waals surface area contributed by atoms with Crippen molar-refractivity contribution in [2.75, 3.05) is 43.1 Å². The van der Waals surface area contributed by atoms with Crippen molar-refractivity contribution >= 4 is 17.3 Å². The number of nitrogens with one attached hydrogen (secondary N) is 1. The predicted molar refractivity (Wildman–Crippen MR) is 101 cm³/mol. The highest BCUT2D eigenvalue weighted by Gasteiger charge is 2.13. The number of benzene rings is 2. The third-order valence-corrected chi connectivity index (χ3v) is 3.66. The maximum Gasteiger partial charge on any atom is 0.246 e. The van der Waals surface area contributed by atoms with Crippen LogP contribution in [0.4, 0.5) is 11.4 Å². The number of likely N-dealkylation sites (N-methyl/N-ethyl adjacent to an activating group) is 1. The first-order chi connectivity index (χ1) is 12.2. The molecule has 0 saturated heterocycles. The van der Waals surface area contributed by atoms with Gasteiger partial charge in [0.25, 0.3) is 0 Å². The smallest absolute Gasteiger partial charge is 0.246 e. The molecular weight excluding hydrogens is 316 g/mol. The highest BCUT2D eigenvalue weighted by Crippen LogP contribution is 2.18. The molecule has 2 rings (SSSR count). The lowest BCUT2D eigenvalue weighted by Crippen LogP contribution is -2.35. The lowest BCUT2D eigenvalue weighted by Gasteiger charge is -2.21. The van der Waals surface area contributed by atoms with E-state index in [9.17, 15) is 4.79 Å². The molecule has 0 unspecified atom stereocenters. The molecule has 0 fully saturated rings. The average Bonchev–Trinajstić information content (AvgIpc) is 2.65. The highest BCUT2D eigenvalue weighted by atomic mass is 16.5. The number of nitrogens with zero attached hydrogens (tertiary/aromatic N) is 1. The van der Waals surface area contributed by atoms with Gasteiger partial charge in [-0.3, -0.25) is 4.79 Å². The Morgan fingerprint density at radius 1 is 1.04 bits per heavy atom. The number of carbonyl (C=O) groups excluding carboxylic acids is 1. The van der Waals surface area contributed by atoms with Crippen LogP contribution in [0.25, 0.3) is 0 Å². The Hall–Kier alpha value is -2.53. The maximum atomic E-state index is 12.5. The third-order valence-electron chi connectivity index (χ3n) is 3.66. The topological polar surface area (TPSA) is 50.8 Å². The Labute approximate surface area is 149 Å². The van der Waals surface area contributed by atoms with Crippen LogP contribution in [0.1, 0.15) is 13.8 Å². The largest absolute Gasteiger partial charge is 0.491 e. The van der Waals surface area contributed by atoms with E-state index in [4.69, 9.17) is 9.47 Å². The molecule has 2 aromatic rings. The minimum Gasteiger partial charge on any atom is -0.491 e. The van der Waals surface area contributed by atoms with Gasteiger partial charge in [0.1, 0.15) is 12.4 Å². The summed E-state index contributed by atoms with van der Waals surface area (Å²) in [6.07, 6.45) is 0. The fourth-order valence-electron chi connectivity index (χ4n) is 2.44. The first-order valence-electron chi connectivity index (χ1n) is 8.64. The van der Waals surface area contributed by atoms with E-state index in [1.165, 1.54) is 0 Å². The van der Waals surface area contributed by atoms with Gasteiger partial charge in [-0.2, -0.15) is 0 Å². The summed E-state index contributed by atoms with van der Waals surface area (Å²) in [5.41, 5.74) is 1.76. The van der Waals surface area contributed by atoms with Gasteiger partial charge in [0.2, 0.25) is 5.91 Å². The first-order valence-corrected chi connectivity index (χ1v) is 8.64. The molecule has 25 heavy (non-hydrogen) atoms. The molecule has 0 spiro atoms. The molecular formula is C20H26N2O3. The van der Waals surface area contributed by atoms with Crippen molar-refractivity contribution in [1.82, 2.24) is 0 Å². The number of para-hydroxylation sites is 1. The van der Waals surface area contributed by atoms with Crippen molar-refractivity contribution < 1.29 is 14.3 Å². The van der Waals surface area contributed by atoms with Gasteiger partial charge in [-0.25, -0.2) is 0 Å². The zero-order valence-corrected chi connectivity index (χ0v) is 14.9. The molecule has 0 radical (unpaired) electrons. The molecule has 0 aliphatic carbocycles. The maximum absolute atomic E-state index is 12.5. The summed E-state index contributed by atoms with van der Waals surface area (Å²) in [6, 6.07) is 17.3. The van der Waals surface area contributed by atoms with Crippen molar-refractivity contribution in [3.05, 3.63) is 54.6 Å². The number of amides is 1. The number of hydrogen-bond acceptors (Lipinski definition) is 4. The normalized spacial score (nSPS) is 10.3. The van der Waals surface area contributed by atoms with Crippen molar-refractivity contribution in [2.24, 2.45) is 0 Å². The second-order valence-corrected chi connectivity index (χ2v) is 5.40. The van der Waals surface area contributed by atoms with E-state index in [0.29, 0.717) is 26.4 Å². The van der Waals surface area contributed by atoms with Crippen molar-refractivity contribution in [2.45, 2.75) is 13.8 Å². The van der Waals surface area contributed by atoms with Crippen LogP contribution in [0.2, 0.25) is 0 Å². The SMILES string of the molecule is CCOCCOc1cccc(NCC(=O)N(CC)c2ccccc2)c1. The molecule has 1 N–H and O–H groups in total. The summed E-state index contributed by atoms with van der Waals surface area (Å²) >= 11 is 0. The van der Waals surface area contributed by atoms with E-state index in [1.54, 1.807) is 4.90 Å².